The monoisotopic (exact) mass is 359 g/mol. The maximum absolute atomic E-state index is 12.8. The lowest BCUT2D eigenvalue weighted by atomic mass is 10.1. The van der Waals surface area contributed by atoms with Crippen molar-refractivity contribution in [3.05, 3.63) is 52.8 Å². The number of rotatable bonds is 2. The number of hydrogen-bond acceptors (Lipinski definition) is 5. The summed E-state index contributed by atoms with van der Waals surface area (Å²) >= 11 is 0. The van der Waals surface area contributed by atoms with Crippen LogP contribution >= 0.6 is 0 Å². The van der Waals surface area contributed by atoms with Crippen molar-refractivity contribution in [3.63, 3.8) is 0 Å². The highest BCUT2D eigenvalue weighted by atomic mass is 16.1. The molecule has 0 aromatic carbocycles. The molecular formula is C19H17N7O. The van der Waals surface area contributed by atoms with Crippen LogP contribution in [0, 0.1) is 17.2 Å². The van der Waals surface area contributed by atoms with E-state index in [1.54, 1.807) is 18.5 Å². The Hall–Kier alpha value is -3.60. The molecule has 2 atom stereocenters. The maximum atomic E-state index is 12.8. The van der Waals surface area contributed by atoms with Gasteiger partial charge in [-0.3, -0.25) is 4.57 Å². The van der Waals surface area contributed by atoms with Crippen molar-refractivity contribution < 1.29 is 0 Å². The van der Waals surface area contributed by atoms with Crippen LogP contribution in [-0.2, 0) is 0 Å². The van der Waals surface area contributed by atoms with Gasteiger partial charge in [-0.15, -0.1) is 0 Å². The zero-order valence-electron chi connectivity index (χ0n) is 14.7. The van der Waals surface area contributed by atoms with Crippen molar-refractivity contribution in [1.82, 2.24) is 24.5 Å². The number of nitrogens with one attached hydrogen (secondary N) is 2. The molecule has 4 aromatic rings. The van der Waals surface area contributed by atoms with Crippen LogP contribution < -0.4 is 10.6 Å². The minimum Gasteiger partial charge on any atom is -0.354 e. The molecular weight excluding hydrogens is 342 g/mol. The van der Waals surface area contributed by atoms with Crippen molar-refractivity contribution in [2.45, 2.75) is 13.0 Å². The summed E-state index contributed by atoms with van der Waals surface area (Å²) in [4.78, 5) is 29.7. The number of hydrogen-bond donors (Lipinski definition) is 2. The minimum absolute atomic E-state index is 0.0178. The lowest BCUT2D eigenvalue weighted by molar-refractivity contribution is 0.438. The highest BCUT2D eigenvalue weighted by Crippen LogP contribution is 2.33. The normalized spacial score (nSPS) is 19.8. The van der Waals surface area contributed by atoms with Gasteiger partial charge in [-0.25, -0.2) is 14.8 Å². The molecule has 0 saturated carbocycles. The highest BCUT2D eigenvalue weighted by Gasteiger charge is 2.34. The van der Waals surface area contributed by atoms with Crippen LogP contribution in [0.1, 0.15) is 18.5 Å². The number of aromatic nitrogens is 5. The summed E-state index contributed by atoms with van der Waals surface area (Å²) in [6.45, 7) is 3.63. The van der Waals surface area contributed by atoms with E-state index in [0.29, 0.717) is 12.1 Å². The van der Waals surface area contributed by atoms with E-state index >= 15 is 0 Å². The predicted molar refractivity (Wildman–Crippen MR) is 102 cm³/mol. The third-order valence-electron chi connectivity index (χ3n) is 5.36. The molecule has 8 nitrogen and oxygen atoms in total. The van der Waals surface area contributed by atoms with Crippen molar-refractivity contribution in [2.24, 2.45) is 5.92 Å². The van der Waals surface area contributed by atoms with E-state index < -0.39 is 0 Å². The van der Waals surface area contributed by atoms with Crippen LogP contribution in [0.25, 0.3) is 22.1 Å². The molecule has 0 amide bonds. The number of H-pyrrole nitrogens is 2. The number of imidazole rings is 1. The van der Waals surface area contributed by atoms with Crippen LogP contribution in [-0.4, -0.2) is 37.6 Å². The number of pyridine rings is 2. The largest absolute Gasteiger partial charge is 0.354 e. The molecule has 5 heterocycles. The van der Waals surface area contributed by atoms with Gasteiger partial charge in [0, 0.05) is 30.9 Å². The highest BCUT2D eigenvalue weighted by molar-refractivity contribution is 6.00. The number of nitriles is 1. The van der Waals surface area contributed by atoms with Gasteiger partial charge < -0.3 is 14.9 Å². The van der Waals surface area contributed by atoms with Gasteiger partial charge in [-0.2, -0.15) is 5.26 Å². The molecule has 0 bridgehead atoms. The van der Waals surface area contributed by atoms with Gasteiger partial charge >= 0.3 is 5.69 Å². The first-order valence-corrected chi connectivity index (χ1v) is 8.83. The first-order chi connectivity index (χ1) is 13.2. The van der Waals surface area contributed by atoms with Crippen LogP contribution in [0.5, 0.6) is 0 Å². The van der Waals surface area contributed by atoms with Gasteiger partial charge in [0.25, 0.3) is 0 Å². The summed E-state index contributed by atoms with van der Waals surface area (Å²) < 4.78 is 1.86. The lowest BCUT2D eigenvalue weighted by Gasteiger charge is -2.18. The molecule has 8 heteroatoms. The molecule has 2 N–H and O–H groups in total. The third-order valence-corrected chi connectivity index (χ3v) is 5.36. The summed E-state index contributed by atoms with van der Waals surface area (Å²) in [5.74, 6) is 1.09. The second-order valence-corrected chi connectivity index (χ2v) is 7.03. The molecule has 27 heavy (non-hydrogen) atoms. The average Bonchev–Trinajstić information content (AvgIpc) is 3.37. The van der Waals surface area contributed by atoms with E-state index in [0.717, 1.165) is 34.4 Å². The maximum Gasteiger partial charge on any atom is 0.326 e. The number of fused-ring (bicyclic) bond motifs is 3. The van der Waals surface area contributed by atoms with Crippen molar-refractivity contribution in [2.75, 3.05) is 18.0 Å². The SMILES string of the molecule is C[C@H]1CN(c2ccc(C#N)cn2)C[C@@H]1n1c(=O)[nH]c2cnc3[nH]ccc3c21. The standard InChI is InChI=1S/C19H17N7O/c1-11-9-25(16-3-2-12(6-20)7-22-16)10-15(11)26-17-13-4-5-21-18(13)23-8-14(17)24-19(26)27/h2-5,7-8,11,15H,9-10H2,1H3,(H,21,23)(H,24,27)/t11-,15-/m0/s1. The number of aromatic amines is 2. The topological polar surface area (TPSA) is 106 Å². The fourth-order valence-corrected chi connectivity index (χ4v) is 4.05. The average molecular weight is 359 g/mol. The Morgan fingerprint density at radius 2 is 2.11 bits per heavy atom. The molecule has 134 valence electrons. The molecule has 1 aliphatic heterocycles. The van der Waals surface area contributed by atoms with E-state index in [9.17, 15) is 4.79 Å². The van der Waals surface area contributed by atoms with Crippen molar-refractivity contribution >= 4 is 27.9 Å². The number of anilines is 1. The van der Waals surface area contributed by atoms with Gasteiger partial charge in [-0.1, -0.05) is 6.92 Å². The Kier molecular flexibility index (Phi) is 3.31. The van der Waals surface area contributed by atoms with Gasteiger partial charge in [0.2, 0.25) is 0 Å². The van der Waals surface area contributed by atoms with Gasteiger partial charge in [0.05, 0.1) is 28.8 Å². The zero-order chi connectivity index (χ0) is 18.5. The second kappa shape index (κ2) is 5.71. The quantitative estimate of drug-likeness (QED) is 0.570. The zero-order valence-corrected chi connectivity index (χ0v) is 14.7. The Labute approximate surface area is 154 Å². The van der Waals surface area contributed by atoms with Crippen LogP contribution in [0.4, 0.5) is 5.82 Å². The Bertz CT molecular complexity index is 1240. The lowest BCUT2D eigenvalue weighted by Crippen LogP contribution is -2.27. The van der Waals surface area contributed by atoms with E-state index in [4.69, 9.17) is 5.26 Å². The van der Waals surface area contributed by atoms with E-state index in [2.05, 4.69) is 37.8 Å². The first-order valence-electron chi connectivity index (χ1n) is 8.83. The van der Waals surface area contributed by atoms with Crippen molar-refractivity contribution in [1.29, 1.82) is 5.26 Å². The molecule has 0 unspecified atom stereocenters. The fourth-order valence-electron chi connectivity index (χ4n) is 4.05. The molecule has 1 saturated heterocycles. The molecule has 1 fully saturated rings. The second-order valence-electron chi connectivity index (χ2n) is 7.03. The fraction of sp³-hybridized carbons (Fsp3) is 0.263. The first kappa shape index (κ1) is 15.6. The van der Waals surface area contributed by atoms with Crippen molar-refractivity contribution in [3.8, 4) is 6.07 Å². The molecule has 5 rings (SSSR count). The van der Waals surface area contributed by atoms with E-state index in [1.165, 1.54) is 0 Å². The summed E-state index contributed by atoms with van der Waals surface area (Å²) in [7, 11) is 0. The van der Waals surface area contributed by atoms with E-state index in [1.807, 2.05) is 22.9 Å². The Balaban J connectivity index is 1.58. The Morgan fingerprint density at radius 1 is 1.22 bits per heavy atom. The number of nitrogens with zero attached hydrogens (tertiary/aromatic N) is 5. The summed E-state index contributed by atoms with van der Waals surface area (Å²) in [5.41, 5.74) is 2.82. The Morgan fingerprint density at radius 3 is 2.89 bits per heavy atom. The third kappa shape index (κ3) is 2.32. The summed E-state index contributed by atoms with van der Waals surface area (Å²) in [6, 6.07) is 7.69. The van der Waals surface area contributed by atoms with Crippen LogP contribution in [0.2, 0.25) is 0 Å². The summed E-state index contributed by atoms with van der Waals surface area (Å²) in [5, 5.41) is 9.89. The summed E-state index contributed by atoms with van der Waals surface area (Å²) in [6.07, 6.45) is 5.12. The van der Waals surface area contributed by atoms with Crippen LogP contribution in [0.15, 0.2) is 41.6 Å². The molecule has 4 aromatic heterocycles. The van der Waals surface area contributed by atoms with Gasteiger partial charge in [-0.05, 0) is 24.1 Å². The molecule has 1 aliphatic rings. The van der Waals surface area contributed by atoms with Gasteiger partial charge in [0.1, 0.15) is 17.5 Å². The van der Waals surface area contributed by atoms with E-state index in [-0.39, 0.29) is 17.6 Å². The van der Waals surface area contributed by atoms with Gasteiger partial charge in [0.15, 0.2) is 0 Å². The smallest absolute Gasteiger partial charge is 0.326 e. The molecule has 0 aliphatic carbocycles. The minimum atomic E-state index is -0.119. The van der Waals surface area contributed by atoms with Crippen LogP contribution in [0.3, 0.4) is 0 Å². The predicted octanol–water partition coefficient (Wildman–Crippen LogP) is 2.17. The molecule has 0 radical (unpaired) electrons. The molecule has 0 spiro atoms.